The third-order valence-corrected chi connectivity index (χ3v) is 5.27. The maximum atomic E-state index is 12.4. The molecule has 0 aromatic rings. The van der Waals surface area contributed by atoms with Gasteiger partial charge in [0, 0.05) is 12.0 Å². The van der Waals surface area contributed by atoms with Gasteiger partial charge in [0.25, 0.3) is 0 Å². The van der Waals surface area contributed by atoms with Crippen molar-refractivity contribution in [1.82, 2.24) is 5.32 Å². The number of hydrogen-bond acceptors (Lipinski definition) is 2. The van der Waals surface area contributed by atoms with Gasteiger partial charge in [0.2, 0.25) is 5.91 Å². The number of hydrogen-bond donors (Lipinski definition) is 2. The maximum absolute atomic E-state index is 12.4. The van der Waals surface area contributed by atoms with Crippen molar-refractivity contribution in [3.8, 4) is 0 Å². The molecule has 0 radical (unpaired) electrons. The molecule has 21 heavy (non-hydrogen) atoms. The lowest BCUT2D eigenvalue weighted by molar-refractivity contribution is -0.143. The summed E-state index contributed by atoms with van der Waals surface area (Å²) in [6, 6.07) is -0.177. The summed E-state index contributed by atoms with van der Waals surface area (Å²) in [7, 11) is 0. The van der Waals surface area contributed by atoms with Crippen molar-refractivity contribution in [2.75, 3.05) is 0 Å². The number of carbonyl (C=O) groups is 2. The van der Waals surface area contributed by atoms with E-state index < -0.39 is 11.9 Å². The molecule has 0 aromatic carbocycles. The smallest absolute Gasteiger partial charge is 0.308 e. The number of aliphatic carboxylic acids is 1. The van der Waals surface area contributed by atoms with Crippen molar-refractivity contribution in [2.24, 2.45) is 17.8 Å². The Morgan fingerprint density at radius 1 is 1.05 bits per heavy atom. The van der Waals surface area contributed by atoms with Gasteiger partial charge in [-0.15, -0.1) is 0 Å². The van der Waals surface area contributed by atoms with Crippen molar-refractivity contribution < 1.29 is 14.7 Å². The van der Waals surface area contributed by atoms with Gasteiger partial charge < -0.3 is 10.4 Å². The molecule has 0 saturated heterocycles. The molecule has 3 atom stereocenters. The summed E-state index contributed by atoms with van der Waals surface area (Å²) in [5, 5.41) is 12.4. The monoisotopic (exact) mass is 295 g/mol. The number of carbonyl (C=O) groups excluding carboxylic acids is 1. The highest BCUT2D eigenvalue weighted by molar-refractivity contribution is 5.80. The van der Waals surface area contributed by atoms with E-state index in [0.717, 1.165) is 32.1 Å². The summed E-state index contributed by atoms with van der Waals surface area (Å²) in [5.41, 5.74) is 0. The number of carboxylic acids is 1. The Morgan fingerprint density at radius 2 is 1.67 bits per heavy atom. The van der Waals surface area contributed by atoms with Gasteiger partial charge in [-0.1, -0.05) is 51.9 Å². The van der Waals surface area contributed by atoms with E-state index >= 15 is 0 Å². The first-order valence-electron chi connectivity index (χ1n) is 8.61. The van der Waals surface area contributed by atoms with Crippen molar-refractivity contribution in [1.29, 1.82) is 0 Å². The van der Waals surface area contributed by atoms with Gasteiger partial charge in [-0.05, 0) is 25.2 Å². The molecule has 0 aromatic heterocycles. The summed E-state index contributed by atoms with van der Waals surface area (Å²) < 4.78 is 0. The van der Waals surface area contributed by atoms with E-state index in [1.165, 1.54) is 25.7 Å². The van der Waals surface area contributed by atoms with E-state index in [2.05, 4.69) is 5.32 Å². The average Bonchev–Trinajstić information content (AvgIpc) is 2.83. The molecular weight excluding hydrogens is 266 g/mol. The second kappa shape index (κ2) is 7.81. The first-order valence-corrected chi connectivity index (χ1v) is 8.61. The fraction of sp³-hybridized carbons (Fsp3) is 0.882. The van der Waals surface area contributed by atoms with Crippen molar-refractivity contribution in [2.45, 2.75) is 77.2 Å². The molecule has 2 fully saturated rings. The predicted octanol–water partition coefficient (Wildman–Crippen LogP) is 3.35. The summed E-state index contributed by atoms with van der Waals surface area (Å²) in [4.78, 5) is 23.8. The summed E-state index contributed by atoms with van der Waals surface area (Å²) in [6.07, 6.45) is 10.6. The largest absolute Gasteiger partial charge is 0.481 e. The standard InChI is InChI=1S/C17H29NO3/c1-12(11-13-7-5-6-8-13)16(19)18-15-10-4-2-3-9-14(15)17(20)21/h12-15H,2-11H2,1H3,(H,18,19)(H,20,21)/t12?,14-,15+/m1/s1. The van der Waals surface area contributed by atoms with E-state index in [0.29, 0.717) is 12.3 Å². The van der Waals surface area contributed by atoms with Crippen LogP contribution in [0.1, 0.15) is 71.1 Å². The molecule has 1 amide bonds. The average molecular weight is 295 g/mol. The van der Waals surface area contributed by atoms with Crippen LogP contribution in [0.15, 0.2) is 0 Å². The van der Waals surface area contributed by atoms with Crippen LogP contribution in [0.4, 0.5) is 0 Å². The molecule has 0 spiro atoms. The fourth-order valence-electron chi connectivity index (χ4n) is 3.95. The van der Waals surface area contributed by atoms with Crippen LogP contribution in [0.25, 0.3) is 0 Å². The molecule has 0 bridgehead atoms. The van der Waals surface area contributed by atoms with Crippen molar-refractivity contribution in [3.63, 3.8) is 0 Å². The SMILES string of the molecule is CC(CC1CCCC1)C(=O)N[C@H]1CCCCC[C@H]1C(=O)O. The Hall–Kier alpha value is -1.06. The maximum Gasteiger partial charge on any atom is 0.308 e. The molecule has 1 unspecified atom stereocenters. The number of carboxylic acid groups (broad SMARTS) is 1. The first-order chi connectivity index (χ1) is 10.1. The summed E-state index contributed by atoms with van der Waals surface area (Å²) in [5.74, 6) is -0.415. The predicted molar refractivity (Wildman–Crippen MR) is 81.9 cm³/mol. The second-order valence-corrected chi connectivity index (χ2v) is 6.99. The van der Waals surface area contributed by atoms with E-state index in [9.17, 15) is 14.7 Å². The van der Waals surface area contributed by atoms with E-state index in [-0.39, 0.29) is 17.9 Å². The number of rotatable bonds is 5. The van der Waals surface area contributed by atoms with Crippen LogP contribution in [0.5, 0.6) is 0 Å². The second-order valence-electron chi connectivity index (χ2n) is 6.99. The van der Waals surface area contributed by atoms with Gasteiger partial charge >= 0.3 is 5.97 Å². The van der Waals surface area contributed by atoms with Crippen LogP contribution >= 0.6 is 0 Å². The molecular formula is C17H29NO3. The highest BCUT2D eigenvalue weighted by atomic mass is 16.4. The van der Waals surface area contributed by atoms with E-state index in [1.54, 1.807) is 0 Å². The Morgan fingerprint density at radius 3 is 2.33 bits per heavy atom. The van der Waals surface area contributed by atoms with Crippen LogP contribution in [0.3, 0.4) is 0 Å². The molecule has 2 rings (SSSR count). The van der Waals surface area contributed by atoms with Gasteiger partial charge in [0.15, 0.2) is 0 Å². The van der Waals surface area contributed by atoms with Crippen molar-refractivity contribution >= 4 is 11.9 Å². The fourth-order valence-corrected chi connectivity index (χ4v) is 3.95. The van der Waals surface area contributed by atoms with Gasteiger partial charge in [-0.3, -0.25) is 9.59 Å². The minimum atomic E-state index is -0.759. The lowest BCUT2D eigenvalue weighted by atomic mass is 9.91. The first kappa shape index (κ1) is 16.3. The van der Waals surface area contributed by atoms with Gasteiger partial charge in [0.1, 0.15) is 0 Å². The molecule has 0 aliphatic heterocycles. The molecule has 2 saturated carbocycles. The lowest BCUT2D eigenvalue weighted by Gasteiger charge is -2.25. The zero-order valence-corrected chi connectivity index (χ0v) is 13.1. The van der Waals surface area contributed by atoms with E-state index in [4.69, 9.17) is 0 Å². The van der Waals surface area contributed by atoms with Crippen molar-refractivity contribution in [3.05, 3.63) is 0 Å². The van der Waals surface area contributed by atoms with Crippen LogP contribution < -0.4 is 5.32 Å². The third-order valence-electron chi connectivity index (χ3n) is 5.27. The molecule has 4 nitrogen and oxygen atoms in total. The normalized spacial score (nSPS) is 28.8. The quantitative estimate of drug-likeness (QED) is 0.764. The minimum Gasteiger partial charge on any atom is -0.481 e. The van der Waals surface area contributed by atoms with Gasteiger partial charge in [-0.25, -0.2) is 0 Å². The van der Waals surface area contributed by atoms with E-state index in [1.807, 2.05) is 6.92 Å². The zero-order valence-electron chi connectivity index (χ0n) is 13.1. The van der Waals surface area contributed by atoms with Crippen LogP contribution in [0.2, 0.25) is 0 Å². The molecule has 2 aliphatic carbocycles. The molecule has 2 N–H and O–H groups in total. The van der Waals surface area contributed by atoms with Crippen LogP contribution in [-0.2, 0) is 9.59 Å². The molecule has 2 aliphatic rings. The molecule has 4 heteroatoms. The lowest BCUT2D eigenvalue weighted by Crippen LogP contribution is -2.45. The Balaban J connectivity index is 1.87. The molecule has 0 heterocycles. The van der Waals surface area contributed by atoms with Crippen LogP contribution in [0, 0.1) is 17.8 Å². The highest BCUT2D eigenvalue weighted by Crippen LogP contribution is 2.30. The zero-order chi connectivity index (χ0) is 15.2. The molecule has 120 valence electrons. The summed E-state index contributed by atoms with van der Waals surface area (Å²) in [6.45, 7) is 1.99. The third kappa shape index (κ3) is 4.72. The summed E-state index contributed by atoms with van der Waals surface area (Å²) >= 11 is 0. The minimum absolute atomic E-state index is 0.00537. The Kier molecular flexibility index (Phi) is 6.07. The number of amides is 1. The number of nitrogens with one attached hydrogen (secondary N) is 1. The highest BCUT2D eigenvalue weighted by Gasteiger charge is 2.32. The Bertz CT molecular complexity index is 363. The Labute approximate surface area is 127 Å². The van der Waals surface area contributed by atoms with Gasteiger partial charge in [0.05, 0.1) is 5.92 Å². The van der Waals surface area contributed by atoms with Crippen LogP contribution in [-0.4, -0.2) is 23.0 Å². The topological polar surface area (TPSA) is 66.4 Å². The van der Waals surface area contributed by atoms with Gasteiger partial charge in [-0.2, -0.15) is 0 Å².